The van der Waals surface area contributed by atoms with Gasteiger partial charge >= 0.3 is 6.09 Å². The molecule has 0 aromatic carbocycles. The van der Waals surface area contributed by atoms with Gasteiger partial charge < -0.3 is 15.2 Å². The van der Waals surface area contributed by atoms with E-state index in [1.165, 1.54) is 0 Å². The molecule has 0 aliphatic rings. The molecule has 0 heterocycles. The second-order valence-corrected chi connectivity index (χ2v) is 4.82. The van der Waals surface area contributed by atoms with Crippen LogP contribution in [0, 0.1) is 5.92 Å². The number of aliphatic hydroxyl groups is 1. The van der Waals surface area contributed by atoms with Crippen molar-refractivity contribution in [1.29, 1.82) is 0 Å². The van der Waals surface area contributed by atoms with Crippen LogP contribution in [0.1, 0.15) is 41.0 Å². The van der Waals surface area contributed by atoms with E-state index >= 15 is 0 Å². The number of nitrogens with one attached hydrogen (secondary N) is 1. The lowest BCUT2D eigenvalue weighted by Gasteiger charge is -2.25. The van der Waals surface area contributed by atoms with Crippen LogP contribution < -0.4 is 5.32 Å². The van der Waals surface area contributed by atoms with Gasteiger partial charge in [-0.25, -0.2) is 4.79 Å². The minimum absolute atomic E-state index is 0.0613. The van der Waals surface area contributed by atoms with Crippen LogP contribution in [-0.2, 0) is 4.74 Å². The number of ether oxygens (including phenoxy) is 1. The summed E-state index contributed by atoms with van der Waals surface area (Å²) in [6.45, 7) is 9.37. The van der Waals surface area contributed by atoms with Crippen molar-refractivity contribution in [3.05, 3.63) is 0 Å². The van der Waals surface area contributed by atoms with Gasteiger partial charge in [0.05, 0.1) is 12.6 Å². The number of hydrogen-bond acceptors (Lipinski definition) is 3. The predicted octanol–water partition coefficient (Wildman–Crippen LogP) is 1.92. The van der Waals surface area contributed by atoms with Gasteiger partial charge in [-0.05, 0) is 26.7 Å². The fourth-order valence-corrected chi connectivity index (χ4v) is 1.11. The molecule has 0 aliphatic heterocycles. The Hall–Kier alpha value is -0.770. The minimum Gasteiger partial charge on any atom is -0.444 e. The van der Waals surface area contributed by atoms with E-state index in [0.717, 1.165) is 6.42 Å². The highest BCUT2D eigenvalue weighted by Crippen LogP contribution is 2.10. The molecule has 0 aromatic heterocycles. The smallest absolute Gasteiger partial charge is 0.407 e. The molecule has 1 amide bonds. The second kappa shape index (κ2) is 5.95. The molecular weight excluding hydrogens is 194 g/mol. The first-order valence-corrected chi connectivity index (χ1v) is 5.40. The molecule has 15 heavy (non-hydrogen) atoms. The number of hydrogen-bond donors (Lipinski definition) is 2. The molecular formula is C11H23NO3. The summed E-state index contributed by atoms with van der Waals surface area (Å²) in [5.41, 5.74) is -0.500. The molecule has 0 saturated carbocycles. The Labute approximate surface area is 92.0 Å². The van der Waals surface area contributed by atoms with Gasteiger partial charge in [0.15, 0.2) is 0 Å². The van der Waals surface area contributed by atoms with Crippen molar-refractivity contribution in [2.45, 2.75) is 52.7 Å². The average Bonchev–Trinajstić information content (AvgIpc) is 2.10. The third kappa shape index (κ3) is 6.33. The standard InChI is InChI=1S/C11H23NO3/c1-6-8(2)9(7-13)12-10(14)15-11(3,4)5/h8-9,13H,6-7H2,1-5H3,(H,12,14)/t8-,9+/m1/s1. The maximum atomic E-state index is 11.4. The Morgan fingerprint density at radius 1 is 1.47 bits per heavy atom. The maximum absolute atomic E-state index is 11.4. The first kappa shape index (κ1) is 14.2. The van der Waals surface area contributed by atoms with E-state index in [1.807, 2.05) is 34.6 Å². The summed E-state index contributed by atoms with van der Waals surface area (Å²) in [7, 11) is 0. The Balaban J connectivity index is 4.13. The van der Waals surface area contributed by atoms with Gasteiger partial charge in [-0.3, -0.25) is 0 Å². The molecule has 0 spiro atoms. The van der Waals surface area contributed by atoms with Crippen LogP contribution in [0.3, 0.4) is 0 Å². The topological polar surface area (TPSA) is 58.6 Å². The van der Waals surface area contributed by atoms with Crippen LogP contribution >= 0.6 is 0 Å². The number of alkyl carbamates (subject to hydrolysis) is 1. The summed E-state index contributed by atoms with van der Waals surface area (Å²) in [6.07, 6.45) is 0.433. The van der Waals surface area contributed by atoms with Crippen molar-refractivity contribution >= 4 is 6.09 Å². The van der Waals surface area contributed by atoms with Crippen LogP contribution in [-0.4, -0.2) is 29.4 Å². The quantitative estimate of drug-likeness (QED) is 0.756. The van der Waals surface area contributed by atoms with Crippen LogP contribution in [0.2, 0.25) is 0 Å². The lowest BCUT2D eigenvalue weighted by Crippen LogP contribution is -2.44. The van der Waals surface area contributed by atoms with E-state index in [1.54, 1.807) is 0 Å². The van der Waals surface area contributed by atoms with E-state index in [2.05, 4.69) is 5.32 Å². The van der Waals surface area contributed by atoms with Crippen LogP contribution in [0.25, 0.3) is 0 Å². The first-order valence-electron chi connectivity index (χ1n) is 5.40. The summed E-state index contributed by atoms with van der Waals surface area (Å²) in [4.78, 5) is 11.4. The molecule has 0 aliphatic carbocycles. The fourth-order valence-electron chi connectivity index (χ4n) is 1.11. The number of aliphatic hydroxyl groups excluding tert-OH is 1. The van der Waals surface area contributed by atoms with Crippen molar-refractivity contribution in [1.82, 2.24) is 5.32 Å². The predicted molar refractivity (Wildman–Crippen MR) is 59.7 cm³/mol. The zero-order valence-corrected chi connectivity index (χ0v) is 10.3. The van der Waals surface area contributed by atoms with Crippen molar-refractivity contribution in [2.24, 2.45) is 5.92 Å². The highest BCUT2D eigenvalue weighted by atomic mass is 16.6. The monoisotopic (exact) mass is 217 g/mol. The fraction of sp³-hybridized carbons (Fsp3) is 0.909. The Bertz CT molecular complexity index is 198. The molecule has 0 unspecified atom stereocenters. The maximum Gasteiger partial charge on any atom is 0.407 e. The third-order valence-electron chi connectivity index (χ3n) is 2.23. The summed E-state index contributed by atoms with van der Waals surface area (Å²) in [5.74, 6) is 0.238. The number of carbonyl (C=O) groups excluding carboxylic acids is 1. The van der Waals surface area contributed by atoms with Gasteiger partial charge in [0.1, 0.15) is 5.60 Å². The summed E-state index contributed by atoms with van der Waals surface area (Å²) >= 11 is 0. The summed E-state index contributed by atoms with van der Waals surface area (Å²) in [6, 6.07) is -0.232. The molecule has 0 radical (unpaired) electrons. The van der Waals surface area contributed by atoms with Crippen LogP contribution in [0.5, 0.6) is 0 Å². The largest absolute Gasteiger partial charge is 0.444 e. The Kier molecular flexibility index (Phi) is 5.65. The molecule has 0 aromatic rings. The Morgan fingerprint density at radius 3 is 2.33 bits per heavy atom. The molecule has 4 heteroatoms. The lowest BCUT2D eigenvalue weighted by molar-refractivity contribution is 0.0457. The van der Waals surface area contributed by atoms with Gasteiger partial charge in [0.2, 0.25) is 0 Å². The van der Waals surface area contributed by atoms with E-state index in [4.69, 9.17) is 9.84 Å². The molecule has 0 fully saturated rings. The highest BCUT2D eigenvalue weighted by molar-refractivity contribution is 5.68. The van der Waals surface area contributed by atoms with Crippen LogP contribution in [0.4, 0.5) is 4.79 Å². The van der Waals surface area contributed by atoms with E-state index in [9.17, 15) is 4.79 Å². The average molecular weight is 217 g/mol. The van der Waals surface area contributed by atoms with Gasteiger partial charge in [-0.2, -0.15) is 0 Å². The van der Waals surface area contributed by atoms with E-state index in [0.29, 0.717) is 0 Å². The van der Waals surface area contributed by atoms with Crippen molar-refractivity contribution in [2.75, 3.05) is 6.61 Å². The number of rotatable bonds is 4. The number of carbonyl (C=O) groups is 1. The van der Waals surface area contributed by atoms with Crippen molar-refractivity contribution in [3.8, 4) is 0 Å². The molecule has 2 atom stereocenters. The molecule has 90 valence electrons. The highest BCUT2D eigenvalue weighted by Gasteiger charge is 2.21. The third-order valence-corrected chi connectivity index (χ3v) is 2.23. The molecule has 0 saturated heterocycles. The van der Waals surface area contributed by atoms with E-state index in [-0.39, 0.29) is 18.6 Å². The Morgan fingerprint density at radius 2 is 2.00 bits per heavy atom. The first-order chi connectivity index (χ1) is 6.80. The zero-order valence-electron chi connectivity index (χ0n) is 10.3. The molecule has 4 nitrogen and oxygen atoms in total. The van der Waals surface area contributed by atoms with E-state index < -0.39 is 11.7 Å². The molecule has 2 N–H and O–H groups in total. The molecule has 0 rings (SSSR count). The van der Waals surface area contributed by atoms with Gasteiger partial charge in [0.25, 0.3) is 0 Å². The van der Waals surface area contributed by atoms with Crippen molar-refractivity contribution in [3.63, 3.8) is 0 Å². The van der Waals surface area contributed by atoms with Crippen molar-refractivity contribution < 1.29 is 14.6 Å². The minimum atomic E-state index is -0.500. The zero-order chi connectivity index (χ0) is 12.1. The number of amides is 1. The molecule has 0 bridgehead atoms. The van der Waals surface area contributed by atoms with Gasteiger partial charge in [-0.1, -0.05) is 20.3 Å². The van der Waals surface area contributed by atoms with Gasteiger partial charge in [0, 0.05) is 0 Å². The normalized spacial score (nSPS) is 15.6. The van der Waals surface area contributed by atoms with Crippen LogP contribution in [0.15, 0.2) is 0 Å². The summed E-state index contributed by atoms with van der Waals surface area (Å²) in [5, 5.41) is 11.8. The lowest BCUT2D eigenvalue weighted by atomic mass is 10.0. The SMILES string of the molecule is CC[C@@H](C)[C@H](CO)NC(=O)OC(C)(C)C. The second-order valence-electron chi connectivity index (χ2n) is 4.82. The van der Waals surface area contributed by atoms with Gasteiger partial charge in [-0.15, -0.1) is 0 Å². The summed E-state index contributed by atoms with van der Waals surface area (Å²) < 4.78 is 5.10.